The minimum atomic E-state index is -0.667. The fourth-order valence-electron chi connectivity index (χ4n) is 5.94. The van der Waals surface area contributed by atoms with Crippen molar-refractivity contribution in [3.63, 3.8) is 0 Å². The molecule has 0 bridgehead atoms. The fraction of sp³-hybridized carbons (Fsp3) is 0.885. The van der Waals surface area contributed by atoms with Gasteiger partial charge in [0.05, 0.1) is 62.5 Å². The van der Waals surface area contributed by atoms with Crippen LogP contribution in [-0.4, -0.2) is 79.4 Å². The summed E-state index contributed by atoms with van der Waals surface area (Å²) < 4.78 is 36.1. The molecule has 0 saturated carbocycles. The summed E-state index contributed by atoms with van der Waals surface area (Å²) in [5.41, 5.74) is 1.02. The molecular formula is C26H42O8. The number of hydrogen-bond donors (Lipinski definition) is 1. The molecule has 4 heterocycles. The molecule has 0 aromatic rings. The van der Waals surface area contributed by atoms with Gasteiger partial charge in [-0.2, -0.15) is 0 Å². The zero-order chi connectivity index (χ0) is 24.6. The van der Waals surface area contributed by atoms with E-state index in [1.165, 1.54) is 7.11 Å². The molecular weight excluding hydrogens is 440 g/mol. The van der Waals surface area contributed by atoms with Crippen LogP contribution in [0.4, 0.5) is 0 Å². The predicted octanol–water partition coefficient (Wildman–Crippen LogP) is 3.14. The highest BCUT2D eigenvalue weighted by Gasteiger charge is 2.51. The number of ether oxygens (including phenoxy) is 6. The molecule has 4 fully saturated rings. The highest BCUT2D eigenvalue weighted by molar-refractivity contribution is 5.69. The number of carbonyl (C=O) groups is 1. The third-order valence-corrected chi connectivity index (χ3v) is 8.02. The van der Waals surface area contributed by atoms with Crippen molar-refractivity contribution in [1.29, 1.82) is 0 Å². The van der Waals surface area contributed by atoms with Crippen LogP contribution in [0, 0.1) is 11.8 Å². The van der Waals surface area contributed by atoms with Crippen LogP contribution in [0.15, 0.2) is 12.2 Å². The topological polar surface area (TPSA) is 92.7 Å². The minimum absolute atomic E-state index is 0.0455. The molecule has 0 spiro atoms. The van der Waals surface area contributed by atoms with E-state index >= 15 is 0 Å². The first-order chi connectivity index (χ1) is 16.1. The molecule has 8 nitrogen and oxygen atoms in total. The maximum absolute atomic E-state index is 11.6. The highest BCUT2D eigenvalue weighted by Crippen LogP contribution is 2.42. The van der Waals surface area contributed by atoms with Crippen molar-refractivity contribution in [2.75, 3.05) is 13.7 Å². The molecule has 0 amide bonds. The molecule has 194 valence electrons. The molecule has 0 radical (unpaired) electrons. The first-order valence-electron chi connectivity index (χ1n) is 12.8. The van der Waals surface area contributed by atoms with E-state index in [0.717, 1.165) is 18.4 Å². The lowest BCUT2D eigenvalue weighted by atomic mass is 9.79. The SMILES string of the molecule is C=C1C(CC2O[C@H]3C[C@H]4OC(C)(C)OCC[C@H]4O[C@H]3[C@H](C)[C@H]2O)OC(CCC(=O)OC)C[C@H]1C. The molecule has 4 aliphatic heterocycles. The van der Waals surface area contributed by atoms with Crippen LogP contribution < -0.4 is 0 Å². The summed E-state index contributed by atoms with van der Waals surface area (Å²) >= 11 is 0. The Morgan fingerprint density at radius 3 is 2.65 bits per heavy atom. The van der Waals surface area contributed by atoms with Gasteiger partial charge < -0.3 is 33.5 Å². The van der Waals surface area contributed by atoms with E-state index in [0.29, 0.717) is 32.3 Å². The Morgan fingerprint density at radius 2 is 1.91 bits per heavy atom. The zero-order valence-electron chi connectivity index (χ0n) is 21.2. The fourth-order valence-corrected chi connectivity index (χ4v) is 5.94. The molecule has 8 heteroatoms. The van der Waals surface area contributed by atoms with Gasteiger partial charge in [-0.3, -0.25) is 4.79 Å². The first kappa shape index (κ1) is 26.0. The number of carbonyl (C=O) groups excluding carboxylic acids is 1. The maximum Gasteiger partial charge on any atom is 0.305 e. The Bertz CT molecular complexity index is 738. The van der Waals surface area contributed by atoms with E-state index in [1.54, 1.807) is 0 Å². The van der Waals surface area contributed by atoms with E-state index < -0.39 is 11.9 Å². The van der Waals surface area contributed by atoms with E-state index in [2.05, 4.69) is 13.5 Å². The Labute approximate surface area is 203 Å². The van der Waals surface area contributed by atoms with Gasteiger partial charge in [0.1, 0.15) is 0 Å². The number of aliphatic hydroxyl groups excluding tert-OH is 1. The van der Waals surface area contributed by atoms with Crippen molar-refractivity contribution in [2.24, 2.45) is 11.8 Å². The van der Waals surface area contributed by atoms with Gasteiger partial charge in [0, 0.05) is 25.2 Å². The summed E-state index contributed by atoms with van der Waals surface area (Å²) in [6.45, 7) is 12.9. The van der Waals surface area contributed by atoms with Gasteiger partial charge >= 0.3 is 5.97 Å². The van der Waals surface area contributed by atoms with Crippen LogP contribution in [-0.2, 0) is 33.2 Å². The Balaban J connectivity index is 1.41. The van der Waals surface area contributed by atoms with Gasteiger partial charge in [-0.05, 0) is 44.6 Å². The molecule has 0 aromatic heterocycles. The minimum Gasteiger partial charge on any atom is -0.469 e. The number of rotatable bonds is 5. The quantitative estimate of drug-likeness (QED) is 0.472. The van der Waals surface area contributed by atoms with Crippen LogP contribution >= 0.6 is 0 Å². The largest absolute Gasteiger partial charge is 0.469 e. The maximum atomic E-state index is 11.6. The summed E-state index contributed by atoms with van der Waals surface area (Å²) in [5, 5.41) is 11.2. The van der Waals surface area contributed by atoms with Gasteiger partial charge in [0.15, 0.2) is 5.79 Å². The monoisotopic (exact) mass is 482 g/mol. The molecule has 1 N–H and O–H groups in total. The van der Waals surface area contributed by atoms with Gasteiger partial charge in [0.25, 0.3) is 0 Å². The second kappa shape index (κ2) is 10.5. The summed E-state index contributed by atoms with van der Waals surface area (Å²) in [7, 11) is 1.40. The molecule has 0 aliphatic carbocycles. The van der Waals surface area contributed by atoms with Crippen molar-refractivity contribution in [3.8, 4) is 0 Å². The lowest BCUT2D eigenvalue weighted by Gasteiger charge is -2.50. The third kappa shape index (κ3) is 5.68. The molecule has 34 heavy (non-hydrogen) atoms. The van der Waals surface area contributed by atoms with Gasteiger partial charge in [-0.25, -0.2) is 0 Å². The summed E-state index contributed by atoms with van der Waals surface area (Å²) in [6, 6.07) is 0. The van der Waals surface area contributed by atoms with Crippen LogP contribution in [0.3, 0.4) is 0 Å². The van der Waals surface area contributed by atoms with E-state index in [-0.39, 0.29) is 60.5 Å². The first-order valence-corrected chi connectivity index (χ1v) is 12.8. The molecule has 3 unspecified atom stereocenters. The number of fused-ring (bicyclic) bond motifs is 2. The van der Waals surface area contributed by atoms with E-state index in [9.17, 15) is 9.90 Å². The summed E-state index contributed by atoms with van der Waals surface area (Å²) in [5.74, 6) is -0.690. The predicted molar refractivity (Wildman–Crippen MR) is 124 cm³/mol. The molecule has 4 saturated heterocycles. The van der Waals surface area contributed by atoms with E-state index in [1.807, 2.05) is 20.8 Å². The molecule has 10 atom stereocenters. The zero-order valence-corrected chi connectivity index (χ0v) is 21.2. The number of aliphatic hydroxyl groups is 1. The van der Waals surface area contributed by atoms with Crippen LogP contribution in [0.2, 0.25) is 0 Å². The third-order valence-electron chi connectivity index (χ3n) is 8.02. The van der Waals surface area contributed by atoms with Gasteiger partial charge in [-0.15, -0.1) is 0 Å². The van der Waals surface area contributed by atoms with E-state index in [4.69, 9.17) is 28.4 Å². The average molecular weight is 483 g/mol. The van der Waals surface area contributed by atoms with Crippen LogP contribution in [0.25, 0.3) is 0 Å². The van der Waals surface area contributed by atoms with Crippen molar-refractivity contribution in [2.45, 2.75) is 121 Å². The number of methoxy groups -OCH3 is 1. The normalized spacial score (nSPS) is 44.5. The Kier molecular flexibility index (Phi) is 8.06. The van der Waals surface area contributed by atoms with Crippen molar-refractivity contribution < 1.29 is 38.3 Å². The molecule has 0 aromatic carbocycles. The van der Waals surface area contributed by atoms with Crippen molar-refractivity contribution in [3.05, 3.63) is 12.2 Å². The second-order valence-electron chi connectivity index (χ2n) is 10.9. The van der Waals surface area contributed by atoms with Crippen molar-refractivity contribution >= 4 is 5.97 Å². The van der Waals surface area contributed by atoms with Gasteiger partial charge in [-0.1, -0.05) is 20.4 Å². The van der Waals surface area contributed by atoms with Gasteiger partial charge in [0.2, 0.25) is 0 Å². The van der Waals surface area contributed by atoms with Crippen molar-refractivity contribution in [1.82, 2.24) is 0 Å². The smallest absolute Gasteiger partial charge is 0.305 e. The molecule has 4 aliphatic rings. The summed E-state index contributed by atoms with van der Waals surface area (Å²) in [6.07, 6.45) is 1.93. The Hall–Kier alpha value is -1.03. The second-order valence-corrected chi connectivity index (χ2v) is 10.9. The lowest BCUT2D eigenvalue weighted by molar-refractivity contribution is -0.294. The summed E-state index contributed by atoms with van der Waals surface area (Å²) in [4.78, 5) is 11.6. The lowest BCUT2D eigenvalue weighted by Crippen LogP contribution is -2.61. The molecule has 4 rings (SSSR count). The number of esters is 1. The Morgan fingerprint density at radius 1 is 1.15 bits per heavy atom. The average Bonchev–Trinajstić information content (AvgIpc) is 2.93. The highest BCUT2D eigenvalue weighted by atomic mass is 16.7. The number of hydrogen-bond acceptors (Lipinski definition) is 8. The van der Waals surface area contributed by atoms with Crippen LogP contribution in [0.5, 0.6) is 0 Å². The van der Waals surface area contributed by atoms with Crippen LogP contribution in [0.1, 0.15) is 66.2 Å². The standard InChI is InChI=1S/C26H42O8/c1-14-11-17(7-8-23(27)29-6)31-19(15(14)2)12-21-24(28)16(3)25-22(32-21)13-20-18(33-25)9-10-30-26(4,5)34-20/h14,16-22,24-25,28H,2,7-13H2,1,3-6H3/t14-,16-,17?,18-,19?,20-,21?,22+,24-,25+/m1/s1.